The number of carbonyl (C=O) groups is 1. The summed E-state index contributed by atoms with van der Waals surface area (Å²) < 4.78 is 5.27. The van der Waals surface area contributed by atoms with Crippen LogP contribution in [0.5, 0.6) is 0 Å². The molecule has 3 unspecified atom stereocenters. The molecule has 22 heavy (non-hydrogen) atoms. The first kappa shape index (κ1) is 17.2. The monoisotopic (exact) mass is 326 g/mol. The van der Waals surface area contributed by atoms with E-state index in [9.17, 15) is 9.90 Å². The summed E-state index contributed by atoms with van der Waals surface area (Å²) >= 11 is 1.59. The van der Waals surface area contributed by atoms with E-state index in [0.29, 0.717) is 12.6 Å². The van der Waals surface area contributed by atoms with Gasteiger partial charge < -0.3 is 20.5 Å². The van der Waals surface area contributed by atoms with Crippen molar-refractivity contribution in [3.63, 3.8) is 0 Å². The zero-order valence-electron chi connectivity index (χ0n) is 13.5. The van der Waals surface area contributed by atoms with E-state index in [1.165, 1.54) is 0 Å². The van der Waals surface area contributed by atoms with Gasteiger partial charge in [-0.15, -0.1) is 0 Å². The van der Waals surface area contributed by atoms with Crippen molar-refractivity contribution in [2.75, 3.05) is 6.54 Å². The second-order valence-corrected chi connectivity index (χ2v) is 7.61. The SMILES string of the molecule is CC(C)(C)OC(=O)NC1CCC(NCC(O)c2ccsc2)C1. The first-order valence-corrected chi connectivity index (χ1v) is 8.71. The Labute approximate surface area is 136 Å². The Balaban J connectivity index is 1.68. The van der Waals surface area contributed by atoms with E-state index in [0.717, 1.165) is 24.8 Å². The topological polar surface area (TPSA) is 70.6 Å². The van der Waals surface area contributed by atoms with Crippen molar-refractivity contribution < 1.29 is 14.6 Å². The third-order valence-electron chi connectivity index (χ3n) is 3.68. The van der Waals surface area contributed by atoms with Crippen molar-refractivity contribution in [1.82, 2.24) is 10.6 Å². The number of aliphatic hydroxyl groups excluding tert-OH is 1. The van der Waals surface area contributed by atoms with E-state index in [1.54, 1.807) is 11.3 Å². The summed E-state index contributed by atoms with van der Waals surface area (Å²) in [5, 5.41) is 20.3. The highest BCUT2D eigenvalue weighted by atomic mass is 32.1. The largest absolute Gasteiger partial charge is 0.444 e. The van der Waals surface area contributed by atoms with E-state index in [2.05, 4.69) is 10.6 Å². The van der Waals surface area contributed by atoms with Crippen LogP contribution < -0.4 is 10.6 Å². The van der Waals surface area contributed by atoms with Crippen LogP contribution in [0.1, 0.15) is 51.7 Å². The Hall–Kier alpha value is -1.11. The first-order chi connectivity index (χ1) is 10.3. The van der Waals surface area contributed by atoms with Gasteiger partial charge in [0.15, 0.2) is 0 Å². The average Bonchev–Trinajstić information content (AvgIpc) is 3.04. The van der Waals surface area contributed by atoms with Gasteiger partial charge >= 0.3 is 6.09 Å². The molecule has 1 aliphatic carbocycles. The maximum absolute atomic E-state index is 11.8. The van der Waals surface area contributed by atoms with E-state index >= 15 is 0 Å². The number of ether oxygens (including phenoxy) is 1. The highest BCUT2D eigenvalue weighted by Gasteiger charge is 2.27. The summed E-state index contributed by atoms with van der Waals surface area (Å²) in [6, 6.07) is 2.41. The Morgan fingerprint density at radius 3 is 2.82 bits per heavy atom. The number of hydrogen-bond donors (Lipinski definition) is 3. The van der Waals surface area contributed by atoms with Gasteiger partial charge in [-0.3, -0.25) is 0 Å². The first-order valence-electron chi connectivity index (χ1n) is 7.76. The predicted octanol–water partition coefficient (Wildman–Crippen LogP) is 2.82. The summed E-state index contributed by atoms with van der Waals surface area (Å²) in [4.78, 5) is 11.8. The molecule has 1 amide bonds. The third kappa shape index (κ3) is 5.59. The van der Waals surface area contributed by atoms with Crippen molar-refractivity contribution in [2.24, 2.45) is 0 Å². The number of hydrogen-bond acceptors (Lipinski definition) is 5. The molecule has 0 aliphatic heterocycles. The molecular formula is C16H26N2O3S. The number of aliphatic hydroxyl groups is 1. The summed E-state index contributed by atoms with van der Waals surface area (Å²) in [6.45, 7) is 6.12. The van der Waals surface area contributed by atoms with Gasteiger partial charge in [-0.05, 0) is 62.4 Å². The number of rotatable bonds is 5. The molecular weight excluding hydrogens is 300 g/mol. The Kier molecular flexibility index (Phi) is 5.83. The fourth-order valence-corrected chi connectivity index (χ4v) is 3.34. The highest BCUT2D eigenvalue weighted by Crippen LogP contribution is 2.21. The minimum absolute atomic E-state index is 0.144. The zero-order chi connectivity index (χ0) is 16.2. The number of nitrogens with one attached hydrogen (secondary N) is 2. The Morgan fingerprint density at radius 2 is 2.18 bits per heavy atom. The van der Waals surface area contributed by atoms with Gasteiger partial charge in [-0.2, -0.15) is 11.3 Å². The summed E-state index contributed by atoms with van der Waals surface area (Å²) in [7, 11) is 0. The molecule has 0 bridgehead atoms. The molecule has 0 aromatic carbocycles. The second-order valence-electron chi connectivity index (χ2n) is 6.83. The molecule has 2 rings (SSSR count). The van der Waals surface area contributed by atoms with Crippen molar-refractivity contribution in [3.05, 3.63) is 22.4 Å². The van der Waals surface area contributed by atoms with E-state index in [1.807, 2.05) is 37.6 Å². The highest BCUT2D eigenvalue weighted by molar-refractivity contribution is 7.07. The molecule has 1 aliphatic rings. The normalized spacial score (nSPS) is 23.3. The second kappa shape index (κ2) is 7.44. The maximum Gasteiger partial charge on any atom is 0.407 e. The molecule has 5 nitrogen and oxygen atoms in total. The lowest BCUT2D eigenvalue weighted by molar-refractivity contribution is 0.0505. The lowest BCUT2D eigenvalue weighted by atomic mass is 10.1. The molecule has 1 aromatic rings. The van der Waals surface area contributed by atoms with Gasteiger partial charge in [0, 0.05) is 18.6 Å². The van der Waals surface area contributed by atoms with Crippen molar-refractivity contribution in [2.45, 2.75) is 63.8 Å². The van der Waals surface area contributed by atoms with Crippen molar-refractivity contribution >= 4 is 17.4 Å². The van der Waals surface area contributed by atoms with Gasteiger partial charge in [0.05, 0.1) is 6.10 Å². The Bertz CT molecular complexity index is 470. The third-order valence-corrected chi connectivity index (χ3v) is 4.38. The van der Waals surface area contributed by atoms with Crippen molar-refractivity contribution in [1.29, 1.82) is 0 Å². The number of thiophene rings is 1. The molecule has 3 atom stereocenters. The minimum atomic E-state index is -0.468. The summed E-state index contributed by atoms with van der Waals surface area (Å²) in [5.41, 5.74) is 0.490. The Morgan fingerprint density at radius 1 is 1.45 bits per heavy atom. The summed E-state index contributed by atoms with van der Waals surface area (Å²) in [6.07, 6.45) is 1.98. The van der Waals surface area contributed by atoms with Crippen LogP contribution in [-0.2, 0) is 4.74 Å². The van der Waals surface area contributed by atoms with Gasteiger partial charge in [-0.25, -0.2) is 4.79 Å². The predicted molar refractivity (Wildman–Crippen MR) is 88.1 cm³/mol. The van der Waals surface area contributed by atoms with Crippen LogP contribution in [0.15, 0.2) is 16.8 Å². The summed E-state index contributed by atoms with van der Waals surface area (Å²) in [5.74, 6) is 0. The molecule has 124 valence electrons. The van der Waals surface area contributed by atoms with Crippen LogP contribution in [0.2, 0.25) is 0 Å². The molecule has 1 heterocycles. The number of alkyl carbamates (subject to hydrolysis) is 1. The van der Waals surface area contributed by atoms with E-state index < -0.39 is 11.7 Å². The van der Waals surface area contributed by atoms with E-state index in [-0.39, 0.29) is 12.1 Å². The van der Waals surface area contributed by atoms with Crippen LogP contribution in [-0.4, -0.2) is 35.4 Å². The smallest absolute Gasteiger partial charge is 0.407 e. The minimum Gasteiger partial charge on any atom is -0.444 e. The van der Waals surface area contributed by atoms with Gasteiger partial charge in [0.25, 0.3) is 0 Å². The van der Waals surface area contributed by atoms with Gasteiger partial charge in [-0.1, -0.05) is 0 Å². The molecule has 1 aromatic heterocycles. The number of carbonyl (C=O) groups excluding carboxylic acids is 1. The van der Waals surface area contributed by atoms with Crippen LogP contribution in [0.25, 0.3) is 0 Å². The lowest BCUT2D eigenvalue weighted by Gasteiger charge is -2.22. The van der Waals surface area contributed by atoms with Crippen LogP contribution >= 0.6 is 11.3 Å². The standard InChI is InChI=1S/C16H26N2O3S/c1-16(2,3)21-15(20)18-13-5-4-12(8-13)17-9-14(19)11-6-7-22-10-11/h6-7,10,12-14,17,19H,4-5,8-9H2,1-3H3,(H,18,20). The zero-order valence-corrected chi connectivity index (χ0v) is 14.3. The van der Waals surface area contributed by atoms with Crippen molar-refractivity contribution in [3.8, 4) is 0 Å². The number of amides is 1. The molecule has 0 radical (unpaired) electrons. The van der Waals surface area contributed by atoms with Gasteiger partial charge in [0.1, 0.15) is 5.60 Å². The van der Waals surface area contributed by atoms with Crippen LogP contribution in [0.4, 0.5) is 4.79 Å². The quantitative estimate of drug-likeness (QED) is 0.778. The molecule has 0 spiro atoms. The fourth-order valence-electron chi connectivity index (χ4n) is 2.63. The van der Waals surface area contributed by atoms with Crippen LogP contribution in [0.3, 0.4) is 0 Å². The van der Waals surface area contributed by atoms with Gasteiger partial charge in [0.2, 0.25) is 0 Å². The van der Waals surface area contributed by atoms with E-state index in [4.69, 9.17) is 4.74 Å². The van der Waals surface area contributed by atoms with Crippen LogP contribution in [0, 0.1) is 0 Å². The molecule has 6 heteroatoms. The maximum atomic E-state index is 11.8. The molecule has 3 N–H and O–H groups in total. The lowest BCUT2D eigenvalue weighted by Crippen LogP contribution is -2.39. The molecule has 1 saturated carbocycles. The average molecular weight is 326 g/mol. The fraction of sp³-hybridized carbons (Fsp3) is 0.688. The molecule has 0 saturated heterocycles. The molecule has 1 fully saturated rings.